The Hall–Kier alpha value is -2.66. The van der Waals surface area contributed by atoms with Gasteiger partial charge in [0.15, 0.2) is 0 Å². The predicted molar refractivity (Wildman–Crippen MR) is 61.9 cm³/mol. The summed E-state index contributed by atoms with van der Waals surface area (Å²) in [4.78, 5) is -1.41. The van der Waals surface area contributed by atoms with Crippen LogP contribution in [0.25, 0.3) is 0 Å². The minimum atomic E-state index is -5.83. The SMILES string of the molecule is N#CC(C#N)=NNc1ccc(F)cc1S(=O)(=O)C(F)(F)F. The van der Waals surface area contributed by atoms with Crippen LogP contribution in [0, 0.1) is 28.5 Å². The summed E-state index contributed by atoms with van der Waals surface area (Å²) in [7, 11) is -5.83. The van der Waals surface area contributed by atoms with E-state index in [1.807, 2.05) is 5.43 Å². The van der Waals surface area contributed by atoms with Crippen molar-refractivity contribution in [3.63, 3.8) is 0 Å². The molecule has 1 rings (SSSR count). The van der Waals surface area contributed by atoms with Crippen molar-refractivity contribution in [2.24, 2.45) is 5.10 Å². The zero-order valence-corrected chi connectivity index (χ0v) is 10.6. The molecule has 0 amide bonds. The summed E-state index contributed by atoms with van der Waals surface area (Å²) in [6.45, 7) is 0. The van der Waals surface area contributed by atoms with Gasteiger partial charge in [-0.25, -0.2) is 12.8 Å². The highest BCUT2D eigenvalue weighted by molar-refractivity contribution is 7.92. The number of rotatable bonds is 3. The second-order valence-electron chi connectivity index (χ2n) is 3.39. The first-order chi connectivity index (χ1) is 9.63. The van der Waals surface area contributed by atoms with Crippen LogP contribution in [0.2, 0.25) is 0 Å². The fourth-order valence-electron chi connectivity index (χ4n) is 1.13. The Morgan fingerprint density at radius 3 is 2.29 bits per heavy atom. The third-order valence-electron chi connectivity index (χ3n) is 2.04. The van der Waals surface area contributed by atoms with E-state index in [9.17, 15) is 26.0 Å². The number of hydrazone groups is 1. The van der Waals surface area contributed by atoms with Crippen molar-refractivity contribution in [1.29, 1.82) is 10.5 Å². The smallest absolute Gasteiger partial charge is 0.275 e. The molecule has 0 saturated heterocycles. The molecule has 0 bridgehead atoms. The van der Waals surface area contributed by atoms with Gasteiger partial charge >= 0.3 is 5.51 Å². The second-order valence-corrected chi connectivity index (χ2v) is 5.30. The van der Waals surface area contributed by atoms with Gasteiger partial charge in [0.2, 0.25) is 5.71 Å². The first-order valence-electron chi connectivity index (χ1n) is 4.88. The van der Waals surface area contributed by atoms with Crippen molar-refractivity contribution >= 4 is 21.2 Å². The zero-order chi connectivity index (χ0) is 16.3. The maximum Gasteiger partial charge on any atom is 0.501 e. The molecule has 1 aromatic carbocycles. The zero-order valence-electron chi connectivity index (χ0n) is 9.81. The van der Waals surface area contributed by atoms with E-state index < -0.39 is 37.5 Å². The number of nitrogens with one attached hydrogen (secondary N) is 1. The topological polar surface area (TPSA) is 106 Å². The van der Waals surface area contributed by atoms with Crippen molar-refractivity contribution in [3.05, 3.63) is 24.0 Å². The number of hydrogen-bond acceptors (Lipinski definition) is 6. The molecule has 1 aromatic rings. The minimum absolute atomic E-state index is 0.152. The van der Waals surface area contributed by atoms with Crippen LogP contribution in [0.15, 0.2) is 28.2 Å². The van der Waals surface area contributed by atoms with Crippen molar-refractivity contribution in [1.82, 2.24) is 0 Å². The molecule has 0 fully saturated rings. The predicted octanol–water partition coefficient (Wildman–Crippen LogP) is 1.93. The maximum absolute atomic E-state index is 13.0. The summed E-state index contributed by atoms with van der Waals surface area (Å²) in [5.41, 5.74) is -5.31. The number of nitrogens with zero attached hydrogens (tertiary/aromatic N) is 3. The highest BCUT2D eigenvalue weighted by Gasteiger charge is 2.48. The van der Waals surface area contributed by atoms with Crippen molar-refractivity contribution in [2.75, 3.05) is 5.43 Å². The van der Waals surface area contributed by atoms with Crippen molar-refractivity contribution < 1.29 is 26.0 Å². The normalized spacial score (nSPS) is 11.1. The summed E-state index contributed by atoms with van der Waals surface area (Å²) in [6.07, 6.45) is 0. The number of alkyl halides is 3. The molecule has 0 aliphatic heterocycles. The molecule has 0 unspecified atom stereocenters. The standard InChI is InChI=1S/C10H4F4N4O2S/c11-6-1-2-8(18-17-7(4-15)5-16)9(3-6)21(19,20)10(12,13)14/h1-3,18H. The Balaban J connectivity index is 3.42. The Kier molecular flexibility index (Phi) is 4.50. The quantitative estimate of drug-likeness (QED) is 0.520. The van der Waals surface area contributed by atoms with Gasteiger partial charge in [-0.1, -0.05) is 0 Å². The van der Waals surface area contributed by atoms with Gasteiger partial charge in [0.25, 0.3) is 9.84 Å². The molecule has 0 saturated carbocycles. The monoisotopic (exact) mass is 320 g/mol. The van der Waals surface area contributed by atoms with Crippen LogP contribution in [0.3, 0.4) is 0 Å². The largest absolute Gasteiger partial charge is 0.501 e. The van der Waals surface area contributed by atoms with E-state index in [1.54, 1.807) is 0 Å². The Morgan fingerprint density at radius 2 is 1.81 bits per heavy atom. The Labute approximate surface area is 115 Å². The number of benzene rings is 1. The van der Waals surface area contributed by atoms with Gasteiger partial charge in [-0.05, 0) is 18.2 Å². The number of anilines is 1. The van der Waals surface area contributed by atoms with Gasteiger partial charge in [0, 0.05) is 0 Å². The van der Waals surface area contributed by atoms with E-state index in [-0.39, 0.29) is 6.07 Å². The number of sulfone groups is 1. The first kappa shape index (κ1) is 16.4. The average molecular weight is 320 g/mol. The summed E-state index contributed by atoms with van der Waals surface area (Å²) >= 11 is 0. The van der Waals surface area contributed by atoms with Crippen LogP contribution in [0.4, 0.5) is 23.2 Å². The third kappa shape index (κ3) is 3.46. The summed E-state index contributed by atoms with van der Waals surface area (Å²) < 4.78 is 73.0. The molecule has 0 aliphatic carbocycles. The fraction of sp³-hybridized carbons (Fsp3) is 0.100. The van der Waals surface area contributed by atoms with Gasteiger partial charge in [-0.2, -0.15) is 28.8 Å². The van der Waals surface area contributed by atoms with Gasteiger partial charge < -0.3 is 0 Å². The van der Waals surface area contributed by atoms with Gasteiger partial charge in [0.1, 0.15) is 22.9 Å². The molecule has 0 aromatic heterocycles. The number of nitriles is 2. The molecule has 1 N–H and O–H groups in total. The summed E-state index contributed by atoms with van der Waals surface area (Å²) in [6, 6.07) is 4.13. The van der Waals surface area contributed by atoms with Crippen LogP contribution < -0.4 is 5.43 Å². The molecule has 110 valence electrons. The van der Waals surface area contributed by atoms with Crippen LogP contribution in [-0.2, 0) is 9.84 Å². The lowest BCUT2D eigenvalue weighted by Crippen LogP contribution is -2.24. The molecule has 0 spiro atoms. The maximum atomic E-state index is 13.0. The second kappa shape index (κ2) is 5.76. The van der Waals surface area contributed by atoms with Crippen LogP contribution in [0.1, 0.15) is 0 Å². The molecule has 0 radical (unpaired) electrons. The summed E-state index contributed by atoms with van der Waals surface area (Å²) in [5.74, 6) is -1.21. The average Bonchev–Trinajstić information content (AvgIpc) is 2.39. The molecule has 0 atom stereocenters. The lowest BCUT2D eigenvalue weighted by molar-refractivity contribution is -0.0435. The lowest BCUT2D eigenvalue weighted by atomic mass is 10.3. The molecular formula is C10H4F4N4O2S. The molecule has 0 aliphatic rings. The first-order valence-corrected chi connectivity index (χ1v) is 6.36. The molecule has 11 heteroatoms. The number of hydrogen-bond donors (Lipinski definition) is 1. The Bertz CT molecular complexity index is 756. The molecule has 6 nitrogen and oxygen atoms in total. The van der Waals surface area contributed by atoms with Crippen LogP contribution in [0.5, 0.6) is 0 Å². The van der Waals surface area contributed by atoms with E-state index in [0.29, 0.717) is 12.1 Å². The van der Waals surface area contributed by atoms with Crippen LogP contribution in [-0.4, -0.2) is 19.6 Å². The Morgan fingerprint density at radius 1 is 1.24 bits per heavy atom. The van der Waals surface area contributed by atoms with E-state index in [1.165, 1.54) is 12.1 Å². The minimum Gasteiger partial charge on any atom is -0.275 e. The third-order valence-corrected chi connectivity index (χ3v) is 3.56. The molecule has 0 heterocycles. The van der Waals surface area contributed by atoms with Gasteiger partial charge in [0.05, 0.1) is 5.69 Å². The molecule has 21 heavy (non-hydrogen) atoms. The highest BCUT2D eigenvalue weighted by Crippen LogP contribution is 2.34. The van der Waals surface area contributed by atoms with E-state index in [2.05, 4.69) is 5.10 Å². The van der Waals surface area contributed by atoms with Crippen LogP contribution >= 0.6 is 0 Å². The van der Waals surface area contributed by atoms with Gasteiger partial charge in [-0.15, -0.1) is 0 Å². The fourth-order valence-corrected chi connectivity index (χ4v) is 2.05. The van der Waals surface area contributed by atoms with E-state index >= 15 is 0 Å². The van der Waals surface area contributed by atoms with E-state index in [0.717, 1.165) is 0 Å². The van der Waals surface area contributed by atoms with Gasteiger partial charge in [-0.3, -0.25) is 5.43 Å². The van der Waals surface area contributed by atoms with Crippen molar-refractivity contribution in [2.45, 2.75) is 10.4 Å². The highest BCUT2D eigenvalue weighted by atomic mass is 32.2. The van der Waals surface area contributed by atoms with E-state index in [4.69, 9.17) is 10.5 Å². The summed E-state index contributed by atoms with van der Waals surface area (Å²) in [5, 5.41) is 19.9. The van der Waals surface area contributed by atoms with Crippen molar-refractivity contribution in [3.8, 4) is 12.1 Å². The number of halogens is 4. The molecular weight excluding hydrogens is 316 g/mol. The lowest BCUT2D eigenvalue weighted by Gasteiger charge is -2.12.